The van der Waals surface area contributed by atoms with E-state index in [-0.39, 0.29) is 12.6 Å². The van der Waals surface area contributed by atoms with Crippen LogP contribution < -0.4 is 5.32 Å². The molecule has 4 atom stereocenters. The van der Waals surface area contributed by atoms with Crippen LogP contribution in [0.25, 0.3) is 0 Å². The number of nitrogens with one attached hydrogen (secondary N) is 1. The van der Waals surface area contributed by atoms with Crippen LogP contribution in [0, 0.1) is 0 Å². The highest BCUT2D eigenvalue weighted by Gasteiger charge is 2.35. The van der Waals surface area contributed by atoms with Crippen molar-refractivity contribution in [3.63, 3.8) is 0 Å². The van der Waals surface area contributed by atoms with Gasteiger partial charge in [-0.15, -0.1) is 6.58 Å². The van der Waals surface area contributed by atoms with E-state index >= 15 is 0 Å². The van der Waals surface area contributed by atoms with Gasteiger partial charge in [0.2, 0.25) is 0 Å². The standard InChI is InChI=1S/C35H39NO4/c1-2-32(36-23-28-15-7-3-8-16-28)34(39-25-30-19-11-5-12-20-30)35(40-26-31-21-13-6-14-22-31)33(37)27-38-24-29-17-9-4-10-18-29/h2-22,32-37H,1,23-27H2/t32-,33+,34+,35+/m0/s1. The number of aliphatic hydroxyl groups excluding tert-OH is 1. The molecule has 0 amide bonds. The molecule has 0 saturated heterocycles. The number of ether oxygens (including phenoxy) is 3. The fraction of sp³-hybridized carbons (Fsp3) is 0.257. The third-order valence-corrected chi connectivity index (χ3v) is 6.67. The Labute approximate surface area is 238 Å². The minimum atomic E-state index is -0.936. The minimum absolute atomic E-state index is 0.0993. The van der Waals surface area contributed by atoms with E-state index in [2.05, 4.69) is 24.0 Å². The molecule has 40 heavy (non-hydrogen) atoms. The molecule has 0 spiro atoms. The van der Waals surface area contributed by atoms with Crippen molar-refractivity contribution in [2.75, 3.05) is 6.61 Å². The first-order chi connectivity index (χ1) is 19.7. The van der Waals surface area contributed by atoms with Gasteiger partial charge >= 0.3 is 0 Å². The number of rotatable bonds is 17. The Morgan fingerprint density at radius 1 is 0.600 bits per heavy atom. The Morgan fingerprint density at radius 3 is 1.50 bits per heavy atom. The predicted octanol–water partition coefficient (Wildman–Crippen LogP) is 6.08. The van der Waals surface area contributed by atoms with E-state index in [4.69, 9.17) is 14.2 Å². The number of aliphatic hydroxyl groups is 1. The van der Waals surface area contributed by atoms with Crippen LogP contribution >= 0.6 is 0 Å². The third kappa shape index (κ3) is 9.56. The summed E-state index contributed by atoms with van der Waals surface area (Å²) in [6.07, 6.45) is -0.338. The van der Waals surface area contributed by atoms with Crippen LogP contribution in [0.5, 0.6) is 0 Å². The lowest BCUT2D eigenvalue weighted by molar-refractivity contribution is -0.152. The van der Waals surface area contributed by atoms with E-state index in [0.29, 0.717) is 26.4 Å². The van der Waals surface area contributed by atoms with E-state index in [9.17, 15) is 5.11 Å². The fourth-order valence-corrected chi connectivity index (χ4v) is 4.49. The molecule has 4 rings (SSSR count). The Morgan fingerprint density at radius 2 is 1.02 bits per heavy atom. The van der Waals surface area contributed by atoms with Crippen molar-refractivity contribution >= 4 is 0 Å². The Hall–Kier alpha value is -3.58. The molecule has 0 bridgehead atoms. The summed E-state index contributed by atoms with van der Waals surface area (Å²) in [5, 5.41) is 15.0. The quantitative estimate of drug-likeness (QED) is 0.160. The molecule has 208 valence electrons. The molecule has 0 saturated carbocycles. The summed E-state index contributed by atoms with van der Waals surface area (Å²) >= 11 is 0. The molecule has 4 aromatic rings. The number of hydrogen-bond donors (Lipinski definition) is 2. The van der Waals surface area contributed by atoms with Crippen molar-refractivity contribution in [1.29, 1.82) is 0 Å². The van der Waals surface area contributed by atoms with Crippen LogP contribution in [-0.4, -0.2) is 36.1 Å². The molecule has 0 radical (unpaired) electrons. The van der Waals surface area contributed by atoms with Gasteiger partial charge in [0, 0.05) is 6.54 Å². The van der Waals surface area contributed by atoms with Gasteiger partial charge in [-0.05, 0) is 22.3 Å². The van der Waals surface area contributed by atoms with Crippen molar-refractivity contribution in [3.05, 3.63) is 156 Å². The molecule has 5 heteroatoms. The smallest absolute Gasteiger partial charge is 0.114 e. The number of hydrogen-bond acceptors (Lipinski definition) is 5. The highest BCUT2D eigenvalue weighted by atomic mass is 16.6. The first-order valence-electron chi connectivity index (χ1n) is 13.7. The average molecular weight is 538 g/mol. The molecular weight excluding hydrogens is 498 g/mol. The summed E-state index contributed by atoms with van der Waals surface area (Å²) in [7, 11) is 0. The van der Waals surface area contributed by atoms with E-state index in [1.165, 1.54) is 0 Å². The zero-order valence-electron chi connectivity index (χ0n) is 22.8. The van der Waals surface area contributed by atoms with Crippen LogP contribution in [0.2, 0.25) is 0 Å². The highest BCUT2D eigenvalue weighted by molar-refractivity contribution is 5.17. The second-order valence-corrected chi connectivity index (χ2v) is 9.72. The fourth-order valence-electron chi connectivity index (χ4n) is 4.49. The van der Waals surface area contributed by atoms with E-state index in [1.807, 2.05) is 115 Å². The zero-order valence-corrected chi connectivity index (χ0v) is 22.8. The van der Waals surface area contributed by atoms with Gasteiger partial charge in [-0.25, -0.2) is 0 Å². The van der Waals surface area contributed by atoms with Gasteiger partial charge in [-0.2, -0.15) is 0 Å². The second-order valence-electron chi connectivity index (χ2n) is 9.72. The monoisotopic (exact) mass is 537 g/mol. The van der Waals surface area contributed by atoms with Crippen molar-refractivity contribution in [2.45, 2.75) is 50.7 Å². The molecule has 0 unspecified atom stereocenters. The van der Waals surface area contributed by atoms with Crippen LogP contribution in [0.4, 0.5) is 0 Å². The van der Waals surface area contributed by atoms with Gasteiger partial charge in [-0.1, -0.05) is 127 Å². The lowest BCUT2D eigenvalue weighted by Crippen LogP contribution is -2.52. The first kappa shape index (κ1) is 29.4. The maximum atomic E-state index is 11.5. The van der Waals surface area contributed by atoms with E-state index < -0.39 is 18.3 Å². The molecule has 0 heterocycles. The largest absolute Gasteiger partial charge is 0.388 e. The van der Waals surface area contributed by atoms with Crippen LogP contribution in [0.1, 0.15) is 22.3 Å². The molecule has 4 aromatic carbocycles. The zero-order chi connectivity index (χ0) is 27.8. The van der Waals surface area contributed by atoms with E-state index in [0.717, 1.165) is 22.3 Å². The average Bonchev–Trinajstić information content (AvgIpc) is 3.01. The molecule has 0 aromatic heterocycles. The van der Waals surface area contributed by atoms with Gasteiger partial charge in [0.15, 0.2) is 0 Å². The molecule has 5 nitrogen and oxygen atoms in total. The van der Waals surface area contributed by atoms with Gasteiger partial charge in [0.25, 0.3) is 0 Å². The third-order valence-electron chi connectivity index (χ3n) is 6.67. The highest BCUT2D eigenvalue weighted by Crippen LogP contribution is 2.20. The van der Waals surface area contributed by atoms with Gasteiger partial charge in [0.05, 0.1) is 32.5 Å². The van der Waals surface area contributed by atoms with Crippen molar-refractivity contribution < 1.29 is 19.3 Å². The lowest BCUT2D eigenvalue weighted by atomic mass is 9.99. The minimum Gasteiger partial charge on any atom is -0.388 e. The second kappa shape index (κ2) is 16.5. The number of benzene rings is 4. The predicted molar refractivity (Wildman–Crippen MR) is 159 cm³/mol. The summed E-state index contributed by atoms with van der Waals surface area (Å²) in [5.74, 6) is 0. The molecular formula is C35H39NO4. The Kier molecular flexibility index (Phi) is 12.1. The van der Waals surface area contributed by atoms with Crippen molar-refractivity contribution in [3.8, 4) is 0 Å². The summed E-state index contributed by atoms with van der Waals surface area (Å²) in [5.41, 5.74) is 4.24. The molecule has 0 aliphatic carbocycles. The van der Waals surface area contributed by atoms with Gasteiger partial charge < -0.3 is 24.6 Å². The van der Waals surface area contributed by atoms with Gasteiger partial charge in [0.1, 0.15) is 18.3 Å². The lowest BCUT2D eigenvalue weighted by Gasteiger charge is -2.35. The Balaban J connectivity index is 1.53. The SMILES string of the molecule is C=C[C@H](NCc1ccccc1)[C@@H](OCc1ccccc1)[C@H](OCc1ccccc1)[C@H](O)COCc1ccccc1. The summed E-state index contributed by atoms with van der Waals surface area (Å²) in [6.45, 7) is 5.91. The van der Waals surface area contributed by atoms with Crippen LogP contribution in [0.15, 0.2) is 134 Å². The molecule has 0 fully saturated rings. The molecule has 0 aliphatic heterocycles. The summed E-state index contributed by atoms with van der Waals surface area (Å²) in [4.78, 5) is 0. The van der Waals surface area contributed by atoms with Crippen molar-refractivity contribution in [1.82, 2.24) is 5.32 Å². The topological polar surface area (TPSA) is 60.0 Å². The maximum absolute atomic E-state index is 11.5. The normalized spacial score (nSPS) is 14.2. The Bertz CT molecular complexity index is 1220. The van der Waals surface area contributed by atoms with E-state index in [1.54, 1.807) is 0 Å². The van der Waals surface area contributed by atoms with Crippen LogP contribution in [0.3, 0.4) is 0 Å². The first-order valence-corrected chi connectivity index (χ1v) is 13.7. The van der Waals surface area contributed by atoms with Crippen molar-refractivity contribution in [2.24, 2.45) is 0 Å². The van der Waals surface area contributed by atoms with Gasteiger partial charge in [-0.3, -0.25) is 0 Å². The molecule has 2 N–H and O–H groups in total. The van der Waals surface area contributed by atoms with Crippen LogP contribution in [-0.2, 0) is 40.6 Å². The summed E-state index contributed by atoms with van der Waals surface area (Å²) in [6, 6.07) is 39.7. The maximum Gasteiger partial charge on any atom is 0.114 e. The molecule has 0 aliphatic rings. The summed E-state index contributed by atoms with van der Waals surface area (Å²) < 4.78 is 18.9.